The van der Waals surface area contributed by atoms with Gasteiger partial charge in [-0.1, -0.05) is 19.6 Å². The number of rotatable bonds is 6. The van der Waals surface area contributed by atoms with Gasteiger partial charge < -0.3 is 18.6 Å². The number of hydrogen-bond donors (Lipinski definition) is 0. The Labute approximate surface area is 157 Å². The second-order valence-corrected chi connectivity index (χ2v) is 14.9. The Kier molecular flexibility index (Phi) is 5.07. The summed E-state index contributed by atoms with van der Waals surface area (Å²) in [5.74, 6) is 0. The summed E-state index contributed by atoms with van der Waals surface area (Å²) in [6.45, 7) is 16.4. The van der Waals surface area contributed by atoms with Crippen molar-refractivity contribution >= 4 is 31.9 Å². The van der Waals surface area contributed by atoms with Crippen molar-refractivity contribution in [1.29, 1.82) is 0 Å². The van der Waals surface area contributed by atoms with Crippen LogP contribution < -0.4 is 5.72 Å². The molecule has 1 aliphatic rings. The first-order valence-corrected chi connectivity index (χ1v) is 12.9. The maximum absolute atomic E-state index is 6.07. The van der Waals surface area contributed by atoms with Crippen molar-refractivity contribution < 1.29 is 14.0 Å². The molecule has 0 aromatic carbocycles. The van der Waals surface area contributed by atoms with Gasteiger partial charge in [0.15, 0.2) is 5.72 Å². The van der Waals surface area contributed by atoms with Gasteiger partial charge in [-0.2, -0.15) is 0 Å². The normalized spacial score (nSPS) is 19.4. The molecule has 0 amide bonds. The summed E-state index contributed by atoms with van der Waals surface area (Å²) in [4.78, 5) is 9.16. The fraction of sp³-hybridized carbons (Fsp3) is 0.667. The van der Waals surface area contributed by atoms with Crippen molar-refractivity contribution in [2.45, 2.75) is 71.3 Å². The van der Waals surface area contributed by atoms with Crippen LogP contribution in [0.3, 0.4) is 0 Å². The second kappa shape index (κ2) is 6.74. The van der Waals surface area contributed by atoms with Crippen molar-refractivity contribution in [3.8, 4) is 0 Å². The molecule has 0 atom stereocenters. The van der Waals surface area contributed by atoms with Crippen molar-refractivity contribution in [3.63, 3.8) is 0 Å². The molecule has 1 fully saturated rings. The molecule has 0 saturated carbocycles. The molecule has 6 nitrogen and oxygen atoms in total. The Morgan fingerprint density at radius 2 is 1.81 bits per heavy atom. The zero-order chi connectivity index (χ0) is 19.2. The zero-order valence-electron chi connectivity index (χ0n) is 17.0. The van der Waals surface area contributed by atoms with Gasteiger partial charge in [-0.15, -0.1) is 0 Å². The molecular formula is C18H30BN3O3Si. The topological polar surface area (TPSA) is 58.4 Å². The SMILES string of the molecule is CC1(C)OB(c2ncc3ccn(COCC[Si](C)(C)C)c3n2)OC1(C)C. The van der Waals surface area contributed by atoms with Crippen LogP contribution in [0.15, 0.2) is 18.5 Å². The number of fused-ring (bicyclic) bond motifs is 1. The molecule has 2 aromatic heterocycles. The van der Waals surface area contributed by atoms with Crippen LogP contribution in [0.1, 0.15) is 27.7 Å². The molecule has 2 aromatic rings. The highest BCUT2D eigenvalue weighted by Crippen LogP contribution is 2.36. The predicted octanol–water partition coefficient (Wildman–Crippen LogP) is 3.04. The third-order valence-electron chi connectivity index (χ3n) is 5.21. The van der Waals surface area contributed by atoms with Crippen molar-refractivity contribution in [1.82, 2.24) is 14.5 Å². The smallest absolute Gasteiger partial charge is 0.397 e. The fourth-order valence-electron chi connectivity index (χ4n) is 2.69. The first-order valence-electron chi connectivity index (χ1n) is 9.24. The quantitative estimate of drug-likeness (QED) is 0.574. The summed E-state index contributed by atoms with van der Waals surface area (Å²) in [5, 5.41) is 0.985. The van der Waals surface area contributed by atoms with E-state index in [0.717, 1.165) is 23.7 Å². The molecule has 1 saturated heterocycles. The lowest BCUT2D eigenvalue weighted by Gasteiger charge is -2.32. The van der Waals surface area contributed by atoms with E-state index in [4.69, 9.17) is 19.0 Å². The van der Waals surface area contributed by atoms with Gasteiger partial charge in [-0.3, -0.25) is 0 Å². The molecule has 3 heterocycles. The second-order valence-electron chi connectivity index (χ2n) is 9.23. The third-order valence-corrected chi connectivity index (χ3v) is 6.92. The number of nitrogens with zero attached hydrogens (tertiary/aromatic N) is 3. The van der Waals surface area contributed by atoms with Gasteiger partial charge in [0.05, 0.1) is 11.2 Å². The summed E-state index contributed by atoms with van der Waals surface area (Å²) >= 11 is 0. The average molecular weight is 375 g/mol. The van der Waals surface area contributed by atoms with Gasteiger partial charge in [-0.25, -0.2) is 9.97 Å². The lowest BCUT2D eigenvalue weighted by atomic mass is 9.89. The van der Waals surface area contributed by atoms with Gasteiger partial charge in [0.1, 0.15) is 12.4 Å². The molecule has 0 spiro atoms. The lowest BCUT2D eigenvalue weighted by Crippen LogP contribution is -2.41. The Morgan fingerprint density at radius 1 is 1.15 bits per heavy atom. The largest absolute Gasteiger partial charge is 0.534 e. The molecule has 1 aliphatic heterocycles. The Morgan fingerprint density at radius 3 is 2.42 bits per heavy atom. The van der Waals surface area contributed by atoms with Crippen LogP contribution in [0.2, 0.25) is 25.7 Å². The van der Waals surface area contributed by atoms with Crippen LogP contribution in [0.5, 0.6) is 0 Å². The summed E-state index contributed by atoms with van der Waals surface area (Å²) in [6, 6.07) is 3.16. The van der Waals surface area contributed by atoms with E-state index in [0.29, 0.717) is 12.5 Å². The fourth-order valence-corrected chi connectivity index (χ4v) is 3.45. The number of hydrogen-bond acceptors (Lipinski definition) is 5. The minimum atomic E-state index is -1.08. The molecule has 142 valence electrons. The molecule has 0 bridgehead atoms. The lowest BCUT2D eigenvalue weighted by molar-refractivity contribution is 0.00578. The molecule has 0 radical (unpaired) electrons. The first kappa shape index (κ1) is 19.5. The minimum Gasteiger partial charge on any atom is -0.397 e. The van der Waals surface area contributed by atoms with Crippen molar-refractivity contribution in [2.75, 3.05) is 6.61 Å². The molecule has 26 heavy (non-hydrogen) atoms. The molecule has 3 rings (SSSR count). The highest BCUT2D eigenvalue weighted by atomic mass is 28.3. The molecule has 0 unspecified atom stereocenters. The van der Waals surface area contributed by atoms with Crippen LogP contribution in [0.25, 0.3) is 11.0 Å². The van der Waals surface area contributed by atoms with Gasteiger partial charge in [0.25, 0.3) is 0 Å². The highest BCUT2D eigenvalue weighted by molar-refractivity contribution is 6.76. The monoisotopic (exact) mass is 375 g/mol. The standard InChI is InChI=1S/C18H30BN3O3Si/c1-17(2)18(3,4)25-19(24-17)16-20-12-14-8-9-22(15(14)21-16)13-23-10-11-26(5,6)7/h8-9,12H,10-11,13H2,1-7H3. The predicted molar refractivity (Wildman–Crippen MR) is 107 cm³/mol. The highest BCUT2D eigenvalue weighted by Gasteiger charge is 2.53. The van der Waals surface area contributed by atoms with Crippen molar-refractivity contribution in [3.05, 3.63) is 18.5 Å². The number of aromatic nitrogens is 3. The van der Waals surface area contributed by atoms with Crippen LogP contribution in [0, 0.1) is 0 Å². The van der Waals surface area contributed by atoms with Crippen LogP contribution >= 0.6 is 0 Å². The molecule has 0 aliphatic carbocycles. The van der Waals surface area contributed by atoms with Gasteiger partial charge in [0, 0.05) is 32.5 Å². The van der Waals surface area contributed by atoms with E-state index < -0.39 is 26.4 Å². The third kappa shape index (κ3) is 4.03. The van der Waals surface area contributed by atoms with E-state index in [9.17, 15) is 0 Å². The molecular weight excluding hydrogens is 345 g/mol. The molecule has 0 N–H and O–H groups in total. The summed E-state index contributed by atoms with van der Waals surface area (Å²) in [5.41, 5.74) is 0.589. The van der Waals surface area contributed by atoms with E-state index in [-0.39, 0.29) is 0 Å². The Balaban J connectivity index is 1.74. The maximum atomic E-state index is 6.07. The summed E-state index contributed by atoms with van der Waals surface area (Å²) in [7, 11) is -1.64. The van der Waals surface area contributed by atoms with Crippen molar-refractivity contribution in [2.24, 2.45) is 0 Å². The Bertz CT molecular complexity index is 770. The summed E-state index contributed by atoms with van der Waals surface area (Å²) < 4.78 is 20.0. The van der Waals surface area contributed by atoms with Crippen LogP contribution in [0.4, 0.5) is 0 Å². The Hall–Kier alpha value is -1.22. The average Bonchev–Trinajstić information content (AvgIpc) is 3.00. The maximum Gasteiger partial charge on any atom is 0.534 e. The van der Waals surface area contributed by atoms with Crippen LogP contribution in [-0.4, -0.2) is 47.5 Å². The van der Waals surface area contributed by atoms with E-state index in [1.54, 1.807) is 0 Å². The van der Waals surface area contributed by atoms with E-state index >= 15 is 0 Å². The minimum absolute atomic E-state index is 0.405. The molecule has 8 heteroatoms. The first-order chi connectivity index (χ1) is 12.0. The zero-order valence-corrected chi connectivity index (χ0v) is 18.0. The van der Waals surface area contributed by atoms with Gasteiger partial charge >= 0.3 is 7.12 Å². The van der Waals surface area contributed by atoms with E-state index in [1.807, 2.05) is 50.7 Å². The summed E-state index contributed by atoms with van der Waals surface area (Å²) in [6.07, 6.45) is 3.81. The van der Waals surface area contributed by atoms with Crippen LogP contribution in [-0.2, 0) is 20.8 Å². The van der Waals surface area contributed by atoms with E-state index in [2.05, 4.69) is 24.6 Å². The number of ether oxygens (including phenoxy) is 1. The van der Waals surface area contributed by atoms with Gasteiger partial charge in [-0.05, 0) is 39.8 Å². The van der Waals surface area contributed by atoms with Gasteiger partial charge in [0.2, 0.25) is 0 Å². The van der Waals surface area contributed by atoms with E-state index in [1.165, 1.54) is 0 Å².